The lowest BCUT2D eigenvalue weighted by Gasteiger charge is -2.40. The number of hydrogen-bond donors (Lipinski definition) is 1. The maximum Gasteiger partial charge on any atom is 0.420 e. The second-order valence-corrected chi connectivity index (χ2v) is 12.9. The Morgan fingerprint density at radius 1 is 1.09 bits per heavy atom. The summed E-state index contributed by atoms with van der Waals surface area (Å²) in [5.74, 6) is -2.88. The highest BCUT2D eigenvalue weighted by atomic mass is 19.4. The number of piperazine rings is 1. The van der Waals surface area contributed by atoms with Gasteiger partial charge >= 0.3 is 12.2 Å². The van der Waals surface area contributed by atoms with Gasteiger partial charge in [0, 0.05) is 55.8 Å². The molecule has 3 aliphatic heterocycles. The van der Waals surface area contributed by atoms with Gasteiger partial charge in [0.15, 0.2) is 11.6 Å². The van der Waals surface area contributed by atoms with Crippen molar-refractivity contribution in [2.75, 3.05) is 51.3 Å². The Kier molecular flexibility index (Phi) is 7.85. The van der Waals surface area contributed by atoms with Gasteiger partial charge in [-0.15, -0.1) is 0 Å². The highest BCUT2D eigenvalue weighted by molar-refractivity contribution is 6.02. The van der Waals surface area contributed by atoms with E-state index >= 15 is 17.6 Å². The van der Waals surface area contributed by atoms with E-state index in [1.54, 1.807) is 0 Å². The summed E-state index contributed by atoms with van der Waals surface area (Å²) in [6.45, 7) is 4.58. The Bertz CT molecular complexity index is 1860. The maximum atomic E-state index is 15.2. The zero-order chi connectivity index (χ0) is 33.2. The van der Waals surface area contributed by atoms with Crippen molar-refractivity contribution < 1.29 is 36.2 Å². The third-order valence-electron chi connectivity index (χ3n) is 10.0. The Hall–Kier alpha value is -3.91. The summed E-state index contributed by atoms with van der Waals surface area (Å²) in [6.07, 6.45) is -2.33. The van der Waals surface area contributed by atoms with E-state index in [2.05, 4.69) is 19.9 Å². The van der Waals surface area contributed by atoms with Crippen LogP contribution in [0, 0.1) is 11.6 Å². The third kappa shape index (κ3) is 5.48. The van der Waals surface area contributed by atoms with Crippen LogP contribution in [0.4, 0.5) is 32.2 Å². The minimum absolute atomic E-state index is 0.000333. The van der Waals surface area contributed by atoms with Gasteiger partial charge in [0.25, 0.3) is 0 Å². The normalized spacial score (nSPS) is 24.0. The molecule has 47 heavy (non-hydrogen) atoms. The Labute approximate surface area is 267 Å². The van der Waals surface area contributed by atoms with Crippen molar-refractivity contribution in [1.29, 1.82) is 0 Å². The quantitative estimate of drug-likeness (QED) is 0.241. The molecule has 7 rings (SSSR count). The lowest BCUT2D eigenvalue weighted by atomic mass is 9.95. The molecule has 250 valence electrons. The van der Waals surface area contributed by atoms with Crippen LogP contribution < -0.4 is 9.64 Å². The van der Waals surface area contributed by atoms with E-state index in [1.807, 2.05) is 23.8 Å². The monoisotopic (exact) mass is 660 g/mol. The molecular weight excluding hydrogens is 626 g/mol. The standard InChI is InChI=1S/C33H34F6N6O2/c1-3-20-16-44(10-9-43(20)2)30-23-14-40-28(22-12-21(46)11-18-5-6-24(35)27(36)25(18)22)26(33(37,38)39)29(23)41-31(42-30)47-17-32-7-4-8-45(32)15-19(34)13-32/h5-6,11-12,14,19-20,46H,3-4,7-10,13,15-17H2,1-2H3/t19-,20?,32+/m1/s1. The number of hydrogen-bond acceptors (Lipinski definition) is 8. The van der Waals surface area contributed by atoms with Crippen LogP contribution in [-0.2, 0) is 6.18 Å². The Morgan fingerprint density at radius 2 is 1.89 bits per heavy atom. The van der Waals surface area contributed by atoms with Crippen LogP contribution in [0.1, 0.15) is 38.2 Å². The van der Waals surface area contributed by atoms with Crippen LogP contribution in [0.5, 0.6) is 11.8 Å². The number of benzene rings is 2. The van der Waals surface area contributed by atoms with Crippen LogP contribution in [0.2, 0.25) is 0 Å². The van der Waals surface area contributed by atoms with Gasteiger partial charge in [0.05, 0.1) is 22.1 Å². The van der Waals surface area contributed by atoms with Gasteiger partial charge in [-0.2, -0.15) is 23.1 Å². The fourth-order valence-corrected chi connectivity index (χ4v) is 7.63. The fourth-order valence-electron chi connectivity index (χ4n) is 7.63. The lowest BCUT2D eigenvalue weighted by Crippen LogP contribution is -2.51. The number of rotatable bonds is 6. The molecule has 5 heterocycles. The number of phenols is 1. The lowest BCUT2D eigenvalue weighted by molar-refractivity contribution is -0.136. The van der Waals surface area contributed by atoms with Crippen LogP contribution in [0.25, 0.3) is 32.9 Å². The molecule has 0 spiro atoms. The molecule has 3 atom stereocenters. The van der Waals surface area contributed by atoms with Crippen LogP contribution in [0.15, 0.2) is 30.5 Å². The molecule has 3 aliphatic rings. The minimum atomic E-state index is -5.08. The van der Waals surface area contributed by atoms with Crippen molar-refractivity contribution in [3.05, 3.63) is 47.7 Å². The number of likely N-dealkylation sites (N-methyl/N-ethyl adjacent to an activating group) is 1. The number of pyridine rings is 1. The number of alkyl halides is 4. The molecule has 1 unspecified atom stereocenters. The summed E-state index contributed by atoms with van der Waals surface area (Å²) in [4.78, 5) is 19.2. The molecule has 1 N–H and O–H groups in total. The molecule has 0 saturated carbocycles. The van der Waals surface area contributed by atoms with E-state index in [0.717, 1.165) is 31.0 Å². The van der Waals surface area contributed by atoms with Gasteiger partial charge < -0.3 is 14.7 Å². The molecule has 14 heteroatoms. The summed E-state index contributed by atoms with van der Waals surface area (Å²) >= 11 is 0. The van der Waals surface area contributed by atoms with Crippen molar-refractivity contribution in [2.24, 2.45) is 0 Å². The van der Waals surface area contributed by atoms with Crippen molar-refractivity contribution in [3.8, 4) is 23.0 Å². The number of aromatic hydroxyl groups is 1. The first kappa shape index (κ1) is 31.7. The molecule has 0 bridgehead atoms. The van der Waals surface area contributed by atoms with E-state index in [4.69, 9.17) is 4.74 Å². The first-order valence-corrected chi connectivity index (χ1v) is 15.7. The molecule has 0 amide bonds. The summed E-state index contributed by atoms with van der Waals surface area (Å²) in [7, 11) is 1.99. The van der Waals surface area contributed by atoms with Gasteiger partial charge in [-0.25, -0.2) is 13.2 Å². The number of aromatic nitrogens is 3. The topological polar surface area (TPSA) is 77.8 Å². The summed E-state index contributed by atoms with van der Waals surface area (Å²) in [5, 5.41) is 9.96. The van der Waals surface area contributed by atoms with Crippen LogP contribution in [0.3, 0.4) is 0 Å². The highest BCUT2D eigenvalue weighted by Gasteiger charge is 2.49. The average molecular weight is 661 g/mol. The van der Waals surface area contributed by atoms with E-state index in [1.165, 1.54) is 12.3 Å². The molecule has 4 aromatic rings. The zero-order valence-corrected chi connectivity index (χ0v) is 25.9. The average Bonchev–Trinajstić information content (AvgIpc) is 3.55. The van der Waals surface area contributed by atoms with Crippen molar-refractivity contribution >= 4 is 27.5 Å². The third-order valence-corrected chi connectivity index (χ3v) is 10.0. The smallest absolute Gasteiger partial charge is 0.420 e. The molecule has 0 radical (unpaired) electrons. The van der Waals surface area contributed by atoms with Gasteiger partial charge in [0.2, 0.25) is 0 Å². The summed E-state index contributed by atoms with van der Waals surface area (Å²) < 4.78 is 95.9. The number of halogens is 6. The number of ether oxygens (including phenoxy) is 1. The van der Waals surface area contributed by atoms with E-state index < -0.39 is 63.0 Å². The first-order valence-electron chi connectivity index (χ1n) is 15.7. The van der Waals surface area contributed by atoms with E-state index in [9.17, 15) is 13.9 Å². The predicted molar refractivity (Wildman–Crippen MR) is 164 cm³/mol. The molecule has 2 aromatic heterocycles. The molecule has 3 fully saturated rings. The maximum absolute atomic E-state index is 15.2. The van der Waals surface area contributed by atoms with Crippen LogP contribution in [-0.4, -0.2) is 94.0 Å². The van der Waals surface area contributed by atoms with Gasteiger partial charge in [-0.3, -0.25) is 14.8 Å². The molecular formula is C33H34F6N6O2. The molecule has 8 nitrogen and oxygen atoms in total. The van der Waals surface area contributed by atoms with E-state index in [-0.39, 0.29) is 48.2 Å². The van der Waals surface area contributed by atoms with Crippen molar-refractivity contribution in [2.45, 2.75) is 56.5 Å². The van der Waals surface area contributed by atoms with Gasteiger partial charge in [-0.05, 0) is 56.4 Å². The van der Waals surface area contributed by atoms with Gasteiger partial charge in [-0.1, -0.05) is 13.0 Å². The minimum Gasteiger partial charge on any atom is -0.508 e. The van der Waals surface area contributed by atoms with E-state index in [0.29, 0.717) is 32.6 Å². The second-order valence-electron chi connectivity index (χ2n) is 12.9. The molecule has 2 aromatic carbocycles. The van der Waals surface area contributed by atoms with Crippen molar-refractivity contribution in [1.82, 2.24) is 24.8 Å². The van der Waals surface area contributed by atoms with Crippen LogP contribution >= 0.6 is 0 Å². The first-order chi connectivity index (χ1) is 22.4. The molecule has 3 saturated heterocycles. The second kappa shape index (κ2) is 11.7. The summed E-state index contributed by atoms with van der Waals surface area (Å²) in [5.41, 5.74) is -3.60. The number of phenolic OH excluding ortho intramolecular Hbond substituents is 1. The SMILES string of the molecule is CCC1CN(c2nc(OC[C@@]34CCCN3C[C@H](F)C4)nc3c(C(F)(F)F)c(-c4cc(O)cc5ccc(F)c(F)c45)ncc23)CCN1C. The predicted octanol–water partition coefficient (Wildman–Crippen LogP) is 6.33. The van der Waals surface area contributed by atoms with Crippen molar-refractivity contribution in [3.63, 3.8) is 0 Å². The molecule has 0 aliphatic carbocycles. The highest BCUT2D eigenvalue weighted by Crippen LogP contribution is 2.46. The fraction of sp³-hybridized carbons (Fsp3) is 0.485. The number of nitrogens with zero attached hydrogens (tertiary/aromatic N) is 6. The Morgan fingerprint density at radius 3 is 2.66 bits per heavy atom. The number of anilines is 1. The van der Waals surface area contributed by atoms with Gasteiger partial charge in [0.1, 0.15) is 29.9 Å². The number of fused-ring (bicyclic) bond motifs is 3. The largest absolute Gasteiger partial charge is 0.508 e. The Balaban J connectivity index is 1.44. The zero-order valence-electron chi connectivity index (χ0n) is 25.9. The summed E-state index contributed by atoms with van der Waals surface area (Å²) in [6, 6.07) is 3.88.